The van der Waals surface area contributed by atoms with Crippen LogP contribution >= 0.6 is 0 Å². The maximum atomic E-state index is 12.3. The van der Waals surface area contributed by atoms with Gasteiger partial charge in [0.05, 0.1) is 7.11 Å². The molecule has 28 heavy (non-hydrogen) atoms. The van der Waals surface area contributed by atoms with Crippen LogP contribution in [0.15, 0.2) is 28.8 Å². The Morgan fingerprint density at radius 1 is 1.29 bits per heavy atom. The smallest absolute Gasteiger partial charge is 0.324 e. The van der Waals surface area contributed by atoms with E-state index in [1.807, 2.05) is 36.1 Å². The Kier molecular flexibility index (Phi) is 7.25. The first-order chi connectivity index (χ1) is 13.7. The molecule has 1 N–H and O–H groups in total. The molecule has 1 fully saturated rings. The summed E-state index contributed by atoms with van der Waals surface area (Å²) in [6, 6.07) is 8.03. The molecule has 3 rings (SSSR count). The van der Waals surface area contributed by atoms with Gasteiger partial charge in [0.25, 0.3) is 0 Å². The van der Waals surface area contributed by atoms with Gasteiger partial charge in [-0.25, -0.2) is 0 Å². The van der Waals surface area contributed by atoms with Crippen molar-refractivity contribution in [1.29, 1.82) is 0 Å². The average Bonchev–Trinajstić information content (AvgIpc) is 3.24. The van der Waals surface area contributed by atoms with E-state index < -0.39 is 0 Å². The van der Waals surface area contributed by atoms with Crippen LogP contribution in [-0.2, 0) is 9.53 Å². The molecule has 1 aliphatic rings. The van der Waals surface area contributed by atoms with Gasteiger partial charge in [0.15, 0.2) is 0 Å². The SMILES string of the molecule is CCOCCCNC(=O)C1CCN(c2nc(-c3ccc(OC)cc3)no2)CC1. The molecular weight excluding hydrogens is 360 g/mol. The van der Waals surface area contributed by atoms with E-state index in [1.54, 1.807) is 7.11 Å². The predicted molar refractivity (Wildman–Crippen MR) is 105 cm³/mol. The fourth-order valence-electron chi connectivity index (χ4n) is 3.21. The van der Waals surface area contributed by atoms with Gasteiger partial charge >= 0.3 is 6.01 Å². The Labute approximate surface area is 165 Å². The lowest BCUT2D eigenvalue weighted by atomic mass is 9.96. The lowest BCUT2D eigenvalue weighted by Gasteiger charge is -2.29. The summed E-state index contributed by atoms with van der Waals surface area (Å²) in [5, 5.41) is 7.08. The highest BCUT2D eigenvalue weighted by molar-refractivity contribution is 5.78. The number of anilines is 1. The zero-order chi connectivity index (χ0) is 19.8. The van der Waals surface area contributed by atoms with Crippen LogP contribution in [-0.4, -0.2) is 56.0 Å². The first-order valence-electron chi connectivity index (χ1n) is 9.79. The summed E-state index contributed by atoms with van der Waals surface area (Å²) < 4.78 is 15.9. The van der Waals surface area contributed by atoms with Crippen molar-refractivity contribution in [2.24, 2.45) is 5.92 Å². The number of benzene rings is 1. The molecule has 0 bridgehead atoms. The molecule has 8 nitrogen and oxygen atoms in total. The van der Waals surface area contributed by atoms with E-state index in [0.29, 0.717) is 31.6 Å². The average molecular weight is 388 g/mol. The zero-order valence-electron chi connectivity index (χ0n) is 16.5. The molecule has 1 aliphatic heterocycles. The van der Waals surface area contributed by atoms with E-state index >= 15 is 0 Å². The van der Waals surface area contributed by atoms with E-state index in [1.165, 1.54) is 0 Å². The first kappa shape index (κ1) is 20.1. The summed E-state index contributed by atoms with van der Waals surface area (Å²) in [6.45, 7) is 5.47. The Bertz CT molecular complexity index is 739. The third kappa shape index (κ3) is 5.22. The van der Waals surface area contributed by atoms with Crippen LogP contribution in [0.4, 0.5) is 6.01 Å². The van der Waals surface area contributed by atoms with Gasteiger partial charge < -0.3 is 24.2 Å². The van der Waals surface area contributed by atoms with Crippen molar-refractivity contribution in [3.8, 4) is 17.1 Å². The highest BCUT2D eigenvalue weighted by atomic mass is 16.5. The highest BCUT2D eigenvalue weighted by Crippen LogP contribution is 2.25. The van der Waals surface area contributed by atoms with Gasteiger partial charge in [0, 0.05) is 44.3 Å². The van der Waals surface area contributed by atoms with Crippen molar-refractivity contribution in [2.45, 2.75) is 26.2 Å². The van der Waals surface area contributed by atoms with Gasteiger partial charge in [-0.15, -0.1) is 0 Å². The highest BCUT2D eigenvalue weighted by Gasteiger charge is 2.27. The summed E-state index contributed by atoms with van der Waals surface area (Å²) in [4.78, 5) is 18.8. The van der Waals surface area contributed by atoms with Gasteiger partial charge in [-0.05, 0) is 50.5 Å². The molecule has 0 spiro atoms. The molecule has 1 amide bonds. The molecular formula is C20H28N4O4. The second kappa shape index (κ2) is 10.1. The molecule has 0 unspecified atom stereocenters. The molecule has 1 saturated heterocycles. The predicted octanol–water partition coefficient (Wildman–Crippen LogP) is 2.50. The van der Waals surface area contributed by atoms with E-state index in [0.717, 1.165) is 43.7 Å². The maximum Gasteiger partial charge on any atom is 0.324 e. The maximum absolute atomic E-state index is 12.3. The number of nitrogens with one attached hydrogen (secondary N) is 1. The van der Waals surface area contributed by atoms with Crippen molar-refractivity contribution in [2.75, 3.05) is 44.9 Å². The van der Waals surface area contributed by atoms with Gasteiger partial charge in [-0.2, -0.15) is 4.98 Å². The minimum atomic E-state index is 0.0346. The topological polar surface area (TPSA) is 89.7 Å². The Morgan fingerprint density at radius 2 is 2.04 bits per heavy atom. The molecule has 0 aliphatic carbocycles. The molecule has 1 aromatic carbocycles. The van der Waals surface area contributed by atoms with E-state index in [4.69, 9.17) is 14.0 Å². The molecule has 8 heteroatoms. The Hall–Kier alpha value is -2.61. The number of methoxy groups -OCH3 is 1. The minimum absolute atomic E-state index is 0.0346. The summed E-state index contributed by atoms with van der Waals surface area (Å²) in [6.07, 6.45) is 2.39. The Morgan fingerprint density at radius 3 is 2.71 bits per heavy atom. The molecule has 1 aromatic heterocycles. The van der Waals surface area contributed by atoms with Crippen LogP contribution in [0.1, 0.15) is 26.2 Å². The number of rotatable bonds is 9. The largest absolute Gasteiger partial charge is 0.497 e. The van der Waals surface area contributed by atoms with Crippen LogP contribution in [0.3, 0.4) is 0 Å². The van der Waals surface area contributed by atoms with Crippen molar-refractivity contribution < 1.29 is 18.8 Å². The van der Waals surface area contributed by atoms with Gasteiger partial charge in [0.1, 0.15) is 5.75 Å². The van der Waals surface area contributed by atoms with Gasteiger partial charge in [-0.3, -0.25) is 4.79 Å². The van der Waals surface area contributed by atoms with Crippen molar-refractivity contribution in [1.82, 2.24) is 15.5 Å². The van der Waals surface area contributed by atoms with Crippen LogP contribution in [0, 0.1) is 5.92 Å². The quantitative estimate of drug-likeness (QED) is 0.660. The minimum Gasteiger partial charge on any atom is -0.497 e. The van der Waals surface area contributed by atoms with Crippen molar-refractivity contribution >= 4 is 11.9 Å². The number of aromatic nitrogens is 2. The van der Waals surface area contributed by atoms with Crippen LogP contribution in [0.5, 0.6) is 5.75 Å². The van der Waals surface area contributed by atoms with Crippen molar-refractivity contribution in [3.05, 3.63) is 24.3 Å². The van der Waals surface area contributed by atoms with Crippen LogP contribution < -0.4 is 15.0 Å². The second-order valence-electron chi connectivity index (χ2n) is 6.73. The number of hydrogen-bond acceptors (Lipinski definition) is 7. The van der Waals surface area contributed by atoms with Gasteiger partial charge in [-0.1, -0.05) is 5.16 Å². The summed E-state index contributed by atoms with van der Waals surface area (Å²) in [5.41, 5.74) is 0.872. The van der Waals surface area contributed by atoms with Crippen LogP contribution in [0.2, 0.25) is 0 Å². The number of carbonyl (C=O) groups is 1. The summed E-state index contributed by atoms with van der Waals surface area (Å²) in [7, 11) is 1.63. The lowest BCUT2D eigenvalue weighted by Crippen LogP contribution is -2.41. The Balaban J connectivity index is 1.47. The first-order valence-corrected chi connectivity index (χ1v) is 9.79. The van der Waals surface area contributed by atoms with Crippen LogP contribution in [0.25, 0.3) is 11.4 Å². The summed E-state index contributed by atoms with van der Waals surface area (Å²) in [5.74, 6) is 1.49. The van der Waals surface area contributed by atoms with Gasteiger partial charge in [0.2, 0.25) is 11.7 Å². The van der Waals surface area contributed by atoms with E-state index in [-0.39, 0.29) is 11.8 Å². The number of carbonyl (C=O) groups excluding carboxylic acids is 1. The molecule has 2 aromatic rings. The lowest BCUT2D eigenvalue weighted by molar-refractivity contribution is -0.125. The van der Waals surface area contributed by atoms with Crippen molar-refractivity contribution in [3.63, 3.8) is 0 Å². The normalized spacial score (nSPS) is 14.9. The second-order valence-corrected chi connectivity index (χ2v) is 6.73. The molecule has 0 atom stereocenters. The monoisotopic (exact) mass is 388 g/mol. The number of amides is 1. The standard InChI is InChI=1S/C20H28N4O4/c1-3-27-14-4-11-21-19(25)16-9-12-24(13-10-16)20-22-18(23-28-20)15-5-7-17(26-2)8-6-15/h5-8,16H,3-4,9-14H2,1-2H3,(H,21,25). The number of nitrogens with zero attached hydrogens (tertiary/aromatic N) is 3. The fraction of sp³-hybridized carbons (Fsp3) is 0.550. The summed E-state index contributed by atoms with van der Waals surface area (Å²) >= 11 is 0. The molecule has 152 valence electrons. The zero-order valence-corrected chi connectivity index (χ0v) is 16.5. The number of ether oxygens (including phenoxy) is 2. The number of hydrogen-bond donors (Lipinski definition) is 1. The third-order valence-electron chi connectivity index (χ3n) is 4.87. The number of piperidine rings is 1. The van der Waals surface area contributed by atoms with E-state index in [2.05, 4.69) is 15.5 Å². The van der Waals surface area contributed by atoms with E-state index in [9.17, 15) is 4.79 Å². The third-order valence-corrected chi connectivity index (χ3v) is 4.87. The molecule has 2 heterocycles. The molecule has 0 saturated carbocycles. The fourth-order valence-corrected chi connectivity index (χ4v) is 3.21. The molecule has 0 radical (unpaired) electrons.